The molecule has 0 aliphatic carbocycles. The predicted molar refractivity (Wildman–Crippen MR) is 60.1 cm³/mol. The van der Waals surface area contributed by atoms with Crippen molar-refractivity contribution in [2.45, 2.75) is 5.92 Å². The van der Waals surface area contributed by atoms with Gasteiger partial charge in [0, 0.05) is 11.8 Å². The van der Waals surface area contributed by atoms with Gasteiger partial charge < -0.3 is 5.11 Å². The molecule has 1 atom stereocenters. The zero-order valence-electron chi connectivity index (χ0n) is 8.88. The Kier molecular flexibility index (Phi) is 3.14. The second-order valence-corrected chi connectivity index (χ2v) is 3.55. The summed E-state index contributed by atoms with van der Waals surface area (Å²) >= 11 is 0. The van der Waals surface area contributed by atoms with Crippen molar-refractivity contribution in [1.82, 2.24) is 4.98 Å². The molecule has 0 amide bonds. The van der Waals surface area contributed by atoms with Gasteiger partial charge in [0.15, 0.2) is 0 Å². The summed E-state index contributed by atoms with van der Waals surface area (Å²) in [6.45, 7) is 0. The molecule has 0 saturated heterocycles. The molecule has 4 heteroatoms. The fraction of sp³-hybridized carbons (Fsp3) is 0.0769. The van der Waals surface area contributed by atoms with Gasteiger partial charge in [-0.2, -0.15) is 0 Å². The van der Waals surface area contributed by atoms with Gasteiger partial charge in [0.25, 0.3) is 0 Å². The zero-order chi connectivity index (χ0) is 12.3. The Morgan fingerprint density at radius 2 is 1.88 bits per heavy atom. The van der Waals surface area contributed by atoms with E-state index in [1.165, 1.54) is 24.4 Å². The molecule has 3 nitrogen and oxygen atoms in total. The summed E-state index contributed by atoms with van der Waals surface area (Å²) in [6, 6.07) is 10.8. The number of pyridine rings is 1. The minimum Gasteiger partial charge on any atom is -0.480 e. The summed E-state index contributed by atoms with van der Waals surface area (Å²) < 4.78 is 13.6. The van der Waals surface area contributed by atoms with E-state index in [1.54, 1.807) is 24.3 Å². The third kappa shape index (κ3) is 2.30. The van der Waals surface area contributed by atoms with Crippen molar-refractivity contribution in [3.05, 3.63) is 65.7 Å². The number of nitrogens with zero attached hydrogens (tertiary/aromatic N) is 1. The number of hydrogen-bond acceptors (Lipinski definition) is 2. The Balaban J connectivity index is 2.51. The molecule has 2 rings (SSSR count). The summed E-state index contributed by atoms with van der Waals surface area (Å²) in [6.07, 6.45) is 1.49. The summed E-state index contributed by atoms with van der Waals surface area (Å²) in [5.41, 5.74) is 0.448. The third-order valence-electron chi connectivity index (χ3n) is 2.45. The molecule has 0 bridgehead atoms. The Morgan fingerprint density at radius 3 is 2.47 bits per heavy atom. The second-order valence-electron chi connectivity index (χ2n) is 3.55. The summed E-state index contributed by atoms with van der Waals surface area (Å²) in [5, 5.41) is 9.20. The average Bonchev–Trinajstić information content (AvgIpc) is 2.33. The van der Waals surface area contributed by atoms with Crippen LogP contribution in [-0.4, -0.2) is 16.1 Å². The molecule has 0 radical (unpaired) electrons. The molecule has 1 unspecified atom stereocenters. The van der Waals surface area contributed by atoms with E-state index in [0.29, 0.717) is 5.69 Å². The fourth-order valence-corrected chi connectivity index (χ4v) is 1.67. The summed E-state index contributed by atoms with van der Waals surface area (Å²) in [5.74, 6) is -2.73. The van der Waals surface area contributed by atoms with Crippen molar-refractivity contribution < 1.29 is 14.3 Å². The van der Waals surface area contributed by atoms with Gasteiger partial charge in [-0.1, -0.05) is 24.3 Å². The number of benzene rings is 1. The van der Waals surface area contributed by atoms with Crippen LogP contribution in [0.4, 0.5) is 4.39 Å². The molecule has 0 spiro atoms. The van der Waals surface area contributed by atoms with Crippen LogP contribution in [0.1, 0.15) is 17.2 Å². The van der Waals surface area contributed by atoms with E-state index in [1.807, 2.05) is 0 Å². The van der Waals surface area contributed by atoms with Crippen molar-refractivity contribution >= 4 is 5.97 Å². The van der Waals surface area contributed by atoms with Gasteiger partial charge in [-0.3, -0.25) is 9.78 Å². The molecule has 2 aromatic rings. The molecular formula is C13H10FNO2. The van der Waals surface area contributed by atoms with Crippen molar-refractivity contribution in [2.24, 2.45) is 0 Å². The van der Waals surface area contributed by atoms with E-state index in [-0.39, 0.29) is 5.56 Å². The van der Waals surface area contributed by atoms with Gasteiger partial charge >= 0.3 is 5.97 Å². The number of hydrogen-bond donors (Lipinski definition) is 1. The monoisotopic (exact) mass is 231 g/mol. The second kappa shape index (κ2) is 4.74. The molecule has 17 heavy (non-hydrogen) atoms. The number of carboxylic acids is 1. The molecule has 0 aliphatic rings. The minimum absolute atomic E-state index is 0.124. The first-order valence-electron chi connectivity index (χ1n) is 5.08. The summed E-state index contributed by atoms with van der Waals surface area (Å²) in [4.78, 5) is 15.2. The number of aromatic nitrogens is 1. The lowest BCUT2D eigenvalue weighted by Crippen LogP contribution is -2.15. The molecule has 1 aromatic carbocycles. The molecular weight excluding hydrogens is 221 g/mol. The molecule has 0 fully saturated rings. The lowest BCUT2D eigenvalue weighted by Gasteiger charge is -2.12. The van der Waals surface area contributed by atoms with Crippen LogP contribution in [0.25, 0.3) is 0 Å². The normalized spacial score (nSPS) is 12.1. The first kappa shape index (κ1) is 11.3. The lowest BCUT2D eigenvalue weighted by molar-refractivity contribution is -0.137. The maximum Gasteiger partial charge on any atom is 0.317 e. The van der Waals surface area contributed by atoms with Gasteiger partial charge in [-0.05, 0) is 18.2 Å². The van der Waals surface area contributed by atoms with Crippen molar-refractivity contribution in [3.63, 3.8) is 0 Å². The Labute approximate surface area is 97.6 Å². The molecule has 1 heterocycles. The quantitative estimate of drug-likeness (QED) is 0.882. The van der Waals surface area contributed by atoms with E-state index in [4.69, 9.17) is 0 Å². The highest BCUT2D eigenvalue weighted by Crippen LogP contribution is 2.25. The van der Waals surface area contributed by atoms with E-state index in [0.717, 1.165) is 0 Å². The predicted octanol–water partition coefficient (Wildman–Crippen LogP) is 2.44. The highest BCUT2D eigenvalue weighted by Gasteiger charge is 2.25. The van der Waals surface area contributed by atoms with Crippen LogP contribution >= 0.6 is 0 Å². The molecule has 1 N–H and O–H groups in total. The first-order chi connectivity index (χ1) is 8.20. The highest BCUT2D eigenvalue weighted by molar-refractivity contribution is 5.79. The number of rotatable bonds is 3. The third-order valence-corrected chi connectivity index (χ3v) is 2.45. The smallest absolute Gasteiger partial charge is 0.317 e. The van der Waals surface area contributed by atoms with Gasteiger partial charge in [0.2, 0.25) is 0 Å². The van der Waals surface area contributed by atoms with Crippen LogP contribution in [0.2, 0.25) is 0 Å². The van der Waals surface area contributed by atoms with Gasteiger partial charge in [0.1, 0.15) is 11.7 Å². The Hall–Kier alpha value is -2.23. The van der Waals surface area contributed by atoms with Gasteiger partial charge in [-0.15, -0.1) is 0 Å². The standard InChI is InChI=1S/C13H10FNO2/c14-10-6-2-1-5-9(10)12(13(16)17)11-7-3-4-8-15-11/h1-8,12H,(H,16,17). The van der Waals surface area contributed by atoms with E-state index >= 15 is 0 Å². The average molecular weight is 231 g/mol. The first-order valence-corrected chi connectivity index (χ1v) is 5.08. The molecule has 0 aliphatic heterocycles. The Morgan fingerprint density at radius 1 is 1.18 bits per heavy atom. The highest BCUT2D eigenvalue weighted by atomic mass is 19.1. The number of carboxylic acid groups (broad SMARTS) is 1. The molecule has 0 saturated carbocycles. The Bertz CT molecular complexity index is 528. The van der Waals surface area contributed by atoms with E-state index < -0.39 is 17.7 Å². The fourth-order valence-electron chi connectivity index (χ4n) is 1.67. The van der Waals surface area contributed by atoms with Crippen LogP contribution < -0.4 is 0 Å². The summed E-state index contributed by atoms with van der Waals surface area (Å²) in [7, 11) is 0. The van der Waals surface area contributed by atoms with Crippen LogP contribution in [0.3, 0.4) is 0 Å². The SMILES string of the molecule is O=C(O)C(c1ccccn1)c1ccccc1F. The van der Waals surface area contributed by atoms with Gasteiger partial charge in [-0.25, -0.2) is 4.39 Å². The minimum atomic E-state index is -1.12. The zero-order valence-corrected chi connectivity index (χ0v) is 8.88. The van der Waals surface area contributed by atoms with Crippen LogP contribution in [0.5, 0.6) is 0 Å². The van der Waals surface area contributed by atoms with E-state index in [2.05, 4.69) is 4.98 Å². The van der Waals surface area contributed by atoms with Crippen molar-refractivity contribution in [3.8, 4) is 0 Å². The molecule has 86 valence electrons. The van der Waals surface area contributed by atoms with Crippen molar-refractivity contribution in [1.29, 1.82) is 0 Å². The number of carbonyl (C=O) groups is 1. The van der Waals surface area contributed by atoms with Gasteiger partial charge in [0.05, 0.1) is 5.69 Å². The largest absolute Gasteiger partial charge is 0.480 e. The van der Waals surface area contributed by atoms with Crippen LogP contribution in [0.15, 0.2) is 48.7 Å². The maximum absolute atomic E-state index is 13.6. The molecule has 1 aromatic heterocycles. The van der Waals surface area contributed by atoms with E-state index in [9.17, 15) is 14.3 Å². The van der Waals surface area contributed by atoms with Crippen LogP contribution in [-0.2, 0) is 4.79 Å². The topological polar surface area (TPSA) is 50.2 Å². The van der Waals surface area contributed by atoms with Crippen LogP contribution in [0, 0.1) is 5.82 Å². The lowest BCUT2D eigenvalue weighted by atomic mass is 9.95. The maximum atomic E-state index is 13.6. The number of halogens is 1. The van der Waals surface area contributed by atoms with Crippen molar-refractivity contribution in [2.75, 3.05) is 0 Å². The number of aliphatic carboxylic acids is 1.